The maximum absolute atomic E-state index is 12.9. The quantitative estimate of drug-likeness (QED) is 0.811. The molecule has 4 nitrogen and oxygen atoms in total. The van der Waals surface area contributed by atoms with Crippen LogP contribution in [0.4, 0.5) is 0 Å². The third-order valence-corrected chi connectivity index (χ3v) is 5.74. The van der Waals surface area contributed by atoms with Gasteiger partial charge in [-0.1, -0.05) is 58.9 Å². The highest BCUT2D eigenvalue weighted by atomic mass is 16.5. The maximum Gasteiger partial charge on any atom is 0.204 e. The van der Waals surface area contributed by atoms with E-state index in [0.29, 0.717) is 36.2 Å². The number of nitrogens with zero attached hydrogens (tertiary/aromatic N) is 1. The lowest BCUT2D eigenvalue weighted by Gasteiger charge is -2.37. The van der Waals surface area contributed by atoms with Crippen LogP contribution in [0.1, 0.15) is 65.0 Å². The van der Waals surface area contributed by atoms with Gasteiger partial charge in [0.2, 0.25) is 5.88 Å². The Hall–Kier alpha value is -2.54. The number of hydrogen-bond acceptors (Lipinski definition) is 4. The van der Waals surface area contributed by atoms with Crippen molar-refractivity contribution in [2.45, 2.75) is 65.7 Å². The first kappa shape index (κ1) is 20.2. The molecular formula is C24H30N2O2. The molecule has 148 valence electrons. The van der Waals surface area contributed by atoms with Crippen LogP contribution in [0.5, 0.6) is 0 Å². The fraction of sp³-hybridized carbons (Fsp3) is 0.500. The molecule has 0 bridgehead atoms. The van der Waals surface area contributed by atoms with Crippen LogP contribution in [0.15, 0.2) is 47.1 Å². The van der Waals surface area contributed by atoms with E-state index in [-0.39, 0.29) is 28.4 Å². The summed E-state index contributed by atoms with van der Waals surface area (Å²) in [5.41, 5.74) is 9.55. The monoisotopic (exact) mass is 378 g/mol. The van der Waals surface area contributed by atoms with E-state index < -0.39 is 0 Å². The van der Waals surface area contributed by atoms with Gasteiger partial charge in [-0.15, -0.1) is 0 Å². The molecule has 28 heavy (non-hydrogen) atoms. The topological polar surface area (TPSA) is 76.1 Å². The van der Waals surface area contributed by atoms with E-state index in [2.05, 4.69) is 65.0 Å². The van der Waals surface area contributed by atoms with Crippen molar-refractivity contribution < 1.29 is 9.53 Å². The summed E-state index contributed by atoms with van der Waals surface area (Å²) in [7, 11) is 0. The normalized spacial score (nSPS) is 21.9. The summed E-state index contributed by atoms with van der Waals surface area (Å²) >= 11 is 0. The molecular weight excluding hydrogens is 348 g/mol. The van der Waals surface area contributed by atoms with Crippen molar-refractivity contribution in [3.8, 4) is 6.07 Å². The van der Waals surface area contributed by atoms with Gasteiger partial charge in [0.1, 0.15) is 11.8 Å². The third kappa shape index (κ3) is 3.99. The average molecular weight is 379 g/mol. The van der Waals surface area contributed by atoms with Gasteiger partial charge in [0.15, 0.2) is 5.78 Å². The summed E-state index contributed by atoms with van der Waals surface area (Å²) in [5, 5.41) is 9.63. The van der Waals surface area contributed by atoms with Crippen LogP contribution in [-0.4, -0.2) is 5.78 Å². The predicted octanol–water partition coefficient (Wildman–Crippen LogP) is 4.90. The first-order valence-electron chi connectivity index (χ1n) is 9.95. The number of aryl methyl sites for hydroxylation is 1. The molecule has 0 saturated carbocycles. The second kappa shape index (κ2) is 7.13. The SMILES string of the molecule is CC1(C)CC(=O)C2=C(C1)OC(N)=C(C#N)[C@H]2CCc1ccc(C(C)(C)C)cc1. The van der Waals surface area contributed by atoms with Crippen molar-refractivity contribution in [2.75, 3.05) is 0 Å². The number of ketones is 1. The molecule has 1 aromatic carbocycles. The lowest BCUT2D eigenvalue weighted by atomic mass is 9.70. The van der Waals surface area contributed by atoms with Crippen LogP contribution < -0.4 is 5.73 Å². The average Bonchev–Trinajstić information content (AvgIpc) is 2.57. The molecule has 0 radical (unpaired) electrons. The molecule has 0 aromatic heterocycles. The number of hydrogen-bond donors (Lipinski definition) is 1. The van der Waals surface area contributed by atoms with E-state index in [9.17, 15) is 10.1 Å². The Morgan fingerprint density at radius 3 is 2.43 bits per heavy atom. The van der Waals surface area contributed by atoms with Gasteiger partial charge in [-0.3, -0.25) is 4.79 Å². The molecule has 0 fully saturated rings. The van der Waals surface area contributed by atoms with Gasteiger partial charge in [0.05, 0.1) is 5.57 Å². The minimum absolute atomic E-state index is 0.0829. The maximum atomic E-state index is 12.9. The number of allylic oxidation sites excluding steroid dienone is 3. The fourth-order valence-corrected chi connectivity index (χ4v) is 4.17. The summed E-state index contributed by atoms with van der Waals surface area (Å²) in [6.07, 6.45) is 2.60. The molecule has 2 aliphatic rings. The summed E-state index contributed by atoms with van der Waals surface area (Å²) in [5.74, 6) is 0.616. The Balaban J connectivity index is 1.85. The minimum Gasteiger partial charge on any atom is -0.444 e. The van der Waals surface area contributed by atoms with Crippen molar-refractivity contribution in [3.63, 3.8) is 0 Å². The highest BCUT2D eigenvalue weighted by molar-refractivity contribution is 5.98. The van der Waals surface area contributed by atoms with E-state index in [4.69, 9.17) is 10.5 Å². The van der Waals surface area contributed by atoms with Gasteiger partial charge in [0, 0.05) is 24.3 Å². The summed E-state index contributed by atoms with van der Waals surface area (Å²) in [4.78, 5) is 12.9. The Labute approximate surface area is 168 Å². The molecule has 0 amide bonds. The van der Waals surface area contributed by atoms with Gasteiger partial charge in [-0.25, -0.2) is 0 Å². The number of carbonyl (C=O) groups is 1. The smallest absolute Gasteiger partial charge is 0.204 e. The van der Waals surface area contributed by atoms with Crippen LogP contribution in [0.3, 0.4) is 0 Å². The first-order valence-corrected chi connectivity index (χ1v) is 9.95. The molecule has 0 unspecified atom stereocenters. The summed E-state index contributed by atoms with van der Waals surface area (Å²) in [6, 6.07) is 10.8. The van der Waals surface area contributed by atoms with Crippen LogP contribution in [0.25, 0.3) is 0 Å². The van der Waals surface area contributed by atoms with E-state index in [1.54, 1.807) is 0 Å². The lowest BCUT2D eigenvalue weighted by molar-refractivity contribution is -0.119. The van der Waals surface area contributed by atoms with E-state index in [0.717, 1.165) is 6.42 Å². The van der Waals surface area contributed by atoms with Gasteiger partial charge in [-0.2, -0.15) is 5.26 Å². The van der Waals surface area contributed by atoms with Gasteiger partial charge >= 0.3 is 0 Å². The van der Waals surface area contributed by atoms with Gasteiger partial charge in [-0.05, 0) is 34.8 Å². The highest BCUT2D eigenvalue weighted by Crippen LogP contribution is 2.45. The van der Waals surface area contributed by atoms with Gasteiger partial charge < -0.3 is 10.5 Å². The van der Waals surface area contributed by atoms with E-state index in [1.807, 2.05) is 0 Å². The van der Waals surface area contributed by atoms with Crippen molar-refractivity contribution in [1.29, 1.82) is 5.26 Å². The van der Waals surface area contributed by atoms with Crippen LogP contribution in [0.2, 0.25) is 0 Å². The number of ether oxygens (including phenoxy) is 1. The number of nitrogens with two attached hydrogens (primary N) is 1. The second-order valence-electron chi connectivity index (χ2n) is 9.81. The van der Waals surface area contributed by atoms with Crippen LogP contribution in [-0.2, 0) is 21.4 Å². The Bertz CT molecular complexity index is 890. The molecule has 1 aromatic rings. The number of Topliss-reactive ketones (excluding diaryl/α,β-unsaturated/α-hetero) is 1. The molecule has 1 aliphatic carbocycles. The molecule has 1 heterocycles. The van der Waals surface area contributed by atoms with Gasteiger partial charge in [0.25, 0.3) is 0 Å². The molecule has 4 heteroatoms. The van der Waals surface area contributed by atoms with Crippen molar-refractivity contribution in [1.82, 2.24) is 0 Å². The lowest BCUT2D eigenvalue weighted by Crippen LogP contribution is -2.34. The number of rotatable bonds is 3. The van der Waals surface area contributed by atoms with E-state index in [1.165, 1.54) is 11.1 Å². The predicted molar refractivity (Wildman–Crippen MR) is 110 cm³/mol. The van der Waals surface area contributed by atoms with Crippen LogP contribution >= 0.6 is 0 Å². The number of nitriles is 1. The van der Waals surface area contributed by atoms with Crippen LogP contribution in [0, 0.1) is 22.7 Å². The Kier molecular flexibility index (Phi) is 5.14. The summed E-state index contributed by atoms with van der Waals surface area (Å²) < 4.78 is 5.73. The summed E-state index contributed by atoms with van der Waals surface area (Å²) in [6.45, 7) is 10.7. The zero-order valence-corrected chi connectivity index (χ0v) is 17.6. The fourth-order valence-electron chi connectivity index (χ4n) is 4.17. The minimum atomic E-state index is -0.278. The zero-order chi connectivity index (χ0) is 20.7. The second-order valence-corrected chi connectivity index (χ2v) is 9.81. The standard InChI is InChI=1S/C24H30N2O2/c1-23(2,3)16-9-6-15(7-10-16)8-11-17-18(14-25)22(26)28-20-13-24(4,5)12-19(27)21(17)20/h6-7,9-10,17H,8,11-13,26H2,1-5H3/t17-/m1/s1. The Morgan fingerprint density at radius 2 is 1.86 bits per heavy atom. The molecule has 0 spiro atoms. The molecule has 0 saturated heterocycles. The largest absolute Gasteiger partial charge is 0.444 e. The van der Waals surface area contributed by atoms with E-state index >= 15 is 0 Å². The van der Waals surface area contributed by atoms with Crippen molar-refractivity contribution in [2.24, 2.45) is 17.1 Å². The van der Waals surface area contributed by atoms with Crippen molar-refractivity contribution in [3.05, 3.63) is 58.2 Å². The highest BCUT2D eigenvalue weighted by Gasteiger charge is 2.42. The molecule has 1 atom stereocenters. The molecule has 2 N–H and O–H groups in total. The molecule has 1 aliphatic heterocycles. The number of carbonyl (C=O) groups excluding carboxylic acids is 1. The zero-order valence-electron chi connectivity index (χ0n) is 17.6. The van der Waals surface area contributed by atoms with Crippen molar-refractivity contribution >= 4 is 5.78 Å². The first-order chi connectivity index (χ1) is 13.0. The number of benzene rings is 1. The molecule has 3 rings (SSSR count). The third-order valence-electron chi connectivity index (χ3n) is 5.74. The Morgan fingerprint density at radius 1 is 1.21 bits per heavy atom.